The molecule has 0 aliphatic heterocycles. The first-order chi connectivity index (χ1) is 28.3. The highest BCUT2D eigenvalue weighted by Gasteiger charge is 2.18. The Balaban J connectivity index is 1.06. The molecule has 0 saturated carbocycles. The van der Waals surface area contributed by atoms with Gasteiger partial charge in [-0.3, -0.25) is 0 Å². The van der Waals surface area contributed by atoms with Gasteiger partial charge in [-0.05, 0) is 118 Å². The lowest BCUT2D eigenvalue weighted by Crippen LogP contribution is -2.10. The minimum absolute atomic E-state index is 0.898. The highest BCUT2D eigenvalue weighted by molar-refractivity contribution is 6.12. The number of hydrogen-bond donors (Lipinski definition) is 0. The molecule has 10 aromatic rings. The number of nitrogens with zero attached hydrogens (tertiary/aromatic N) is 2. The summed E-state index contributed by atoms with van der Waals surface area (Å²) in [6.45, 7) is 0. The Labute approximate surface area is 333 Å². The summed E-state index contributed by atoms with van der Waals surface area (Å²) < 4.78 is 6.24. The number of para-hydroxylation sites is 3. The topological polar surface area (TPSA) is 19.6 Å². The average Bonchev–Trinajstić information content (AvgIpc) is 3.68. The number of fused-ring (bicyclic) bond motifs is 3. The van der Waals surface area contributed by atoms with Crippen molar-refractivity contribution in [2.24, 2.45) is 0 Å². The normalized spacial score (nSPS) is 11.2. The zero-order chi connectivity index (χ0) is 38.0. The summed E-state index contributed by atoms with van der Waals surface area (Å²) in [5.41, 5.74) is 15.3. The SMILES string of the molecule is c1ccc(-c2ccc(N(c3ccc(-c4cccc5oc6ccccc6c45)cc3)c3cccc(-c4cccc(N(c5ccccc5)c5ccccc5)c4)c3)cc2)cc1. The third-order valence-corrected chi connectivity index (χ3v) is 10.6. The van der Waals surface area contributed by atoms with Crippen molar-refractivity contribution in [1.82, 2.24) is 0 Å². The van der Waals surface area contributed by atoms with E-state index in [1.165, 1.54) is 11.1 Å². The molecular weight excluding hydrogens is 693 g/mol. The smallest absolute Gasteiger partial charge is 0.136 e. The highest BCUT2D eigenvalue weighted by Crippen LogP contribution is 2.42. The third-order valence-electron chi connectivity index (χ3n) is 10.6. The van der Waals surface area contributed by atoms with Crippen LogP contribution in [0.3, 0.4) is 0 Å². The van der Waals surface area contributed by atoms with E-state index in [9.17, 15) is 0 Å². The molecule has 57 heavy (non-hydrogen) atoms. The largest absolute Gasteiger partial charge is 0.456 e. The molecule has 0 radical (unpaired) electrons. The van der Waals surface area contributed by atoms with Crippen LogP contribution in [0.1, 0.15) is 0 Å². The van der Waals surface area contributed by atoms with Gasteiger partial charge in [-0.25, -0.2) is 0 Å². The summed E-state index contributed by atoms with van der Waals surface area (Å²) >= 11 is 0. The molecule has 9 aromatic carbocycles. The first kappa shape index (κ1) is 33.9. The Bertz CT molecular complexity index is 2900. The lowest BCUT2D eigenvalue weighted by molar-refractivity contribution is 0.669. The Kier molecular flexibility index (Phi) is 8.86. The molecule has 0 atom stereocenters. The van der Waals surface area contributed by atoms with E-state index in [0.29, 0.717) is 0 Å². The summed E-state index contributed by atoms with van der Waals surface area (Å²) in [7, 11) is 0. The Morgan fingerprint density at radius 3 is 1.25 bits per heavy atom. The van der Waals surface area contributed by atoms with Crippen LogP contribution in [0.15, 0.2) is 235 Å². The van der Waals surface area contributed by atoms with Crippen molar-refractivity contribution in [3.8, 4) is 33.4 Å². The van der Waals surface area contributed by atoms with Crippen molar-refractivity contribution < 1.29 is 4.42 Å². The molecule has 0 aliphatic rings. The van der Waals surface area contributed by atoms with Gasteiger partial charge in [0, 0.05) is 44.9 Å². The second-order valence-corrected chi connectivity index (χ2v) is 14.2. The molecule has 0 unspecified atom stereocenters. The van der Waals surface area contributed by atoms with Crippen molar-refractivity contribution in [3.63, 3.8) is 0 Å². The van der Waals surface area contributed by atoms with Crippen LogP contribution in [0.4, 0.5) is 34.1 Å². The monoisotopic (exact) mass is 730 g/mol. The van der Waals surface area contributed by atoms with Gasteiger partial charge < -0.3 is 14.2 Å². The quantitative estimate of drug-likeness (QED) is 0.147. The molecular formula is C54H38N2O. The van der Waals surface area contributed by atoms with Crippen LogP contribution < -0.4 is 9.80 Å². The number of rotatable bonds is 9. The van der Waals surface area contributed by atoms with Gasteiger partial charge in [-0.1, -0.05) is 146 Å². The second kappa shape index (κ2) is 14.9. The summed E-state index contributed by atoms with van der Waals surface area (Å²) in [5, 5.41) is 2.27. The van der Waals surface area contributed by atoms with E-state index in [2.05, 4.69) is 228 Å². The summed E-state index contributed by atoms with van der Waals surface area (Å²) in [6, 6.07) is 81.7. The van der Waals surface area contributed by atoms with Crippen LogP contribution in [0.25, 0.3) is 55.3 Å². The number of furan rings is 1. The van der Waals surface area contributed by atoms with Gasteiger partial charge in [0.25, 0.3) is 0 Å². The molecule has 0 fully saturated rings. The van der Waals surface area contributed by atoms with E-state index in [-0.39, 0.29) is 0 Å². The standard InChI is InChI=1S/C54H38N2O/c1-4-15-39(16-5-1)40-29-33-46(34-30-40)56(47-35-31-41(32-36-47)50-26-14-28-53-54(50)51-25-10-11-27-52(51)57-53)49-24-13-18-43(38-49)42-17-12-23-48(37-42)55(44-19-6-2-7-20-44)45-21-8-3-9-22-45/h1-38H. The van der Waals surface area contributed by atoms with E-state index in [4.69, 9.17) is 4.42 Å². The zero-order valence-corrected chi connectivity index (χ0v) is 31.2. The Morgan fingerprint density at radius 2 is 0.667 bits per heavy atom. The molecule has 0 amide bonds. The van der Waals surface area contributed by atoms with Crippen molar-refractivity contribution in [3.05, 3.63) is 231 Å². The summed E-state index contributed by atoms with van der Waals surface area (Å²) in [5.74, 6) is 0. The van der Waals surface area contributed by atoms with Gasteiger partial charge >= 0.3 is 0 Å². The van der Waals surface area contributed by atoms with E-state index < -0.39 is 0 Å². The zero-order valence-electron chi connectivity index (χ0n) is 31.2. The van der Waals surface area contributed by atoms with Crippen molar-refractivity contribution in [2.75, 3.05) is 9.80 Å². The van der Waals surface area contributed by atoms with Crippen molar-refractivity contribution in [2.45, 2.75) is 0 Å². The molecule has 0 N–H and O–H groups in total. The molecule has 10 rings (SSSR count). The van der Waals surface area contributed by atoms with Gasteiger partial charge in [-0.15, -0.1) is 0 Å². The molecule has 0 aliphatic carbocycles. The fourth-order valence-electron chi connectivity index (χ4n) is 7.94. The van der Waals surface area contributed by atoms with E-state index in [1.54, 1.807) is 0 Å². The molecule has 1 heterocycles. The van der Waals surface area contributed by atoms with Crippen LogP contribution in [0, 0.1) is 0 Å². The predicted molar refractivity (Wildman–Crippen MR) is 239 cm³/mol. The van der Waals surface area contributed by atoms with Gasteiger partial charge in [0.15, 0.2) is 0 Å². The molecule has 0 bridgehead atoms. The van der Waals surface area contributed by atoms with E-state index >= 15 is 0 Å². The average molecular weight is 731 g/mol. The number of hydrogen-bond acceptors (Lipinski definition) is 3. The van der Waals surface area contributed by atoms with Crippen molar-refractivity contribution >= 4 is 56.1 Å². The van der Waals surface area contributed by atoms with Crippen LogP contribution >= 0.6 is 0 Å². The maximum Gasteiger partial charge on any atom is 0.136 e. The van der Waals surface area contributed by atoms with Crippen LogP contribution in [-0.2, 0) is 0 Å². The fraction of sp³-hybridized carbons (Fsp3) is 0. The third kappa shape index (κ3) is 6.62. The molecule has 0 spiro atoms. The molecule has 3 nitrogen and oxygen atoms in total. The number of anilines is 6. The first-order valence-electron chi connectivity index (χ1n) is 19.3. The first-order valence-corrected chi connectivity index (χ1v) is 19.3. The lowest BCUT2D eigenvalue weighted by Gasteiger charge is -2.27. The predicted octanol–water partition coefficient (Wildman–Crippen LogP) is 15.5. The van der Waals surface area contributed by atoms with Crippen molar-refractivity contribution in [1.29, 1.82) is 0 Å². The minimum atomic E-state index is 0.898. The maximum absolute atomic E-state index is 6.24. The fourth-order valence-corrected chi connectivity index (χ4v) is 7.94. The van der Waals surface area contributed by atoms with Crippen LogP contribution in [-0.4, -0.2) is 0 Å². The molecule has 1 aromatic heterocycles. The van der Waals surface area contributed by atoms with Gasteiger partial charge in [0.1, 0.15) is 11.2 Å². The summed E-state index contributed by atoms with van der Waals surface area (Å²) in [4.78, 5) is 4.66. The minimum Gasteiger partial charge on any atom is -0.456 e. The van der Waals surface area contributed by atoms with E-state index in [1.807, 2.05) is 12.1 Å². The molecule has 270 valence electrons. The maximum atomic E-state index is 6.24. The highest BCUT2D eigenvalue weighted by atomic mass is 16.3. The lowest BCUT2D eigenvalue weighted by atomic mass is 9.98. The molecule has 0 saturated heterocycles. The van der Waals surface area contributed by atoms with Gasteiger partial charge in [0.05, 0.1) is 0 Å². The molecule has 3 heteroatoms. The van der Waals surface area contributed by atoms with Gasteiger partial charge in [0.2, 0.25) is 0 Å². The van der Waals surface area contributed by atoms with Crippen LogP contribution in [0.5, 0.6) is 0 Å². The number of benzene rings is 9. The Hall–Kier alpha value is -7.62. The Morgan fingerprint density at radius 1 is 0.263 bits per heavy atom. The van der Waals surface area contributed by atoms with Crippen LogP contribution in [0.2, 0.25) is 0 Å². The van der Waals surface area contributed by atoms with E-state index in [0.717, 1.165) is 78.3 Å². The van der Waals surface area contributed by atoms with Gasteiger partial charge in [-0.2, -0.15) is 0 Å². The second-order valence-electron chi connectivity index (χ2n) is 14.2. The summed E-state index contributed by atoms with van der Waals surface area (Å²) in [6.07, 6.45) is 0.